The highest BCUT2D eigenvalue weighted by Crippen LogP contribution is 2.45. The molecule has 0 heterocycles. The molecule has 2 unspecified atom stereocenters. The Balaban J connectivity index is 1.56. The summed E-state index contributed by atoms with van der Waals surface area (Å²) in [5.41, 5.74) is 3.69. The SMILES string of the molecule is CC1(C)CC1NCC1Cc2ccccc21. The Bertz CT molecular complexity index is 381. The molecule has 80 valence electrons. The van der Waals surface area contributed by atoms with Gasteiger partial charge in [-0.05, 0) is 29.4 Å². The van der Waals surface area contributed by atoms with Crippen LogP contribution in [-0.2, 0) is 6.42 Å². The molecule has 1 heteroatoms. The van der Waals surface area contributed by atoms with Crippen LogP contribution in [0.2, 0.25) is 0 Å². The molecule has 2 aliphatic carbocycles. The van der Waals surface area contributed by atoms with E-state index in [2.05, 4.69) is 43.4 Å². The van der Waals surface area contributed by atoms with Gasteiger partial charge in [-0.2, -0.15) is 0 Å². The van der Waals surface area contributed by atoms with Gasteiger partial charge in [-0.15, -0.1) is 0 Å². The number of hydrogen-bond donors (Lipinski definition) is 1. The van der Waals surface area contributed by atoms with Crippen molar-refractivity contribution in [1.82, 2.24) is 5.32 Å². The largest absolute Gasteiger partial charge is 0.313 e. The molecular weight excluding hydrogens is 182 g/mol. The second kappa shape index (κ2) is 3.08. The summed E-state index contributed by atoms with van der Waals surface area (Å²) in [7, 11) is 0. The minimum Gasteiger partial charge on any atom is -0.313 e. The number of nitrogens with one attached hydrogen (secondary N) is 1. The van der Waals surface area contributed by atoms with Gasteiger partial charge in [0.05, 0.1) is 0 Å². The van der Waals surface area contributed by atoms with E-state index in [1.165, 1.54) is 19.4 Å². The minimum absolute atomic E-state index is 0.559. The van der Waals surface area contributed by atoms with Crippen molar-refractivity contribution in [2.75, 3.05) is 6.54 Å². The van der Waals surface area contributed by atoms with Crippen molar-refractivity contribution < 1.29 is 0 Å². The summed E-state index contributed by atoms with van der Waals surface area (Å²) in [5.74, 6) is 0.776. The molecule has 0 bridgehead atoms. The topological polar surface area (TPSA) is 12.0 Å². The number of hydrogen-bond acceptors (Lipinski definition) is 1. The average molecular weight is 201 g/mol. The summed E-state index contributed by atoms with van der Waals surface area (Å²) in [5, 5.41) is 3.69. The summed E-state index contributed by atoms with van der Waals surface area (Å²) in [4.78, 5) is 0. The van der Waals surface area contributed by atoms with Crippen LogP contribution in [0.4, 0.5) is 0 Å². The highest BCUT2D eigenvalue weighted by atomic mass is 15.0. The molecule has 0 amide bonds. The zero-order valence-electron chi connectivity index (χ0n) is 9.59. The first-order valence-electron chi connectivity index (χ1n) is 5.98. The maximum atomic E-state index is 3.69. The standard InChI is InChI=1S/C14H19N/c1-14(2)8-13(14)15-9-11-7-10-5-3-4-6-12(10)11/h3-6,11,13,15H,7-9H2,1-2H3. The van der Waals surface area contributed by atoms with E-state index >= 15 is 0 Å². The Morgan fingerprint density at radius 2 is 2.07 bits per heavy atom. The Hall–Kier alpha value is -0.820. The van der Waals surface area contributed by atoms with E-state index in [0.717, 1.165) is 12.0 Å². The van der Waals surface area contributed by atoms with Gasteiger partial charge in [0.1, 0.15) is 0 Å². The molecule has 1 aromatic rings. The fourth-order valence-electron chi connectivity index (χ4n) is 2.64. The van der Waals surface area contributed by atoms with Gasteiger partial charge >= 0.3 is 0 Å². The molecule has 0 radical (unpaired) electrons. The Morgan fingerprint density at radius 3 is 2.73 bits per heavy atom. The van der Waals surface area contributed by atoms with E-state index in [0.29, 0.717) is 5.41 Å². The van der Waals surface area contributed by atoms with Gasteiger partial charge in [0, 0.05) is 18.5 Å². The third-order valence-electron chi connectivity index (χ3n) is 4.09. The third-order valence-corrected chi connectivity index (χ3v) is 4.09. The van der Waals surface area contributed by atoms with Gasteiger partial charge < -0.3 is 5.32 Å². The van der Waals surface area contributed by atoms with Crippen LogP contribution in [0.3, 0.4) is 0 Å². The molecule has 1 N–H and O–H groups in total. The van der Waals surface area contributed by atoms with Gasteiger partial charge in [0.15, 0.2) is 0 Å². The van der Waals surface area contributed by atoms with E-state index in [1.807, 2.05) is 0 Å². The maximum absolute atomic E-state index is 3.69. The lowest BCUT2D eigenvalue weighted by Crippen LogP contribution is -2.31. The van der Waals surface area contributed by atoms with Crippen molar-refractivity contribution in [3.05, 3.63) is 35.4 Å². The summed E-state index contributed by atoms with van der Waals surface area (Å²) in [6.07, 6.45) is 2.62. The molecule has 0 spiro atoms. The number of benzene rings is 1. The fourth-order valence-corrected chi connectivity index (χ4v) is 2.64. The molecule has 2 atom stereocenters. The quantitative estimate of drug-likeness (QED) is 0.793. The van der Waals surface area contributed by atoms with Crippen LogP contribution in [0.15, 0.2) is 24.3 Å². The van der Waals surface area contributed by atoms with E-state index in [9.17, 15) is 0 Å². The molecule has 1 aromatic carbocycles. The average Bonchev–Trinajstić information content (AvgIpc) is 2.76. The second-order valence-electron chi connectivity index (χ2n) is 5.75. The van der Waals surface area contributed by atoms with E-state index in [-0.39, 0.29) is 0 Å². The zero-order chi connectivity index (χ0) is 10.5. The molecule has 0 aromatic heterocycles. The van der Waals surface area contributed by atoms with Crippen LogP contribution in [-0.4, -0.2) is 12.6 Å². The van der Waals surface area contributed by atoms with Crippen molar-refractivity contribution in [3.63, 3.8) is 0 Å². The molecule has 1 saturated carbocycles. The summed E-state index contributed by atoms with van der Waals surface area (Å²) >= 11 is 0. The normalized spacial score (nSPS) is 30.5. The first-order chi connectivity index (χ1) is 7.17. The summed E-state index contributed by atoms with van der Waals surface area (Å²) in [6.45, 7) is 5.86. The Kier molecular flexibility index (Phi) is 1.93. The molecule has 1 fully saturated rings. The van der Waals surface area contributed by atoms with Crippen LogP contribution >= 0.6 is 0 Å². The number of rotatable bonds is 3. The van der Waals surface area contributed by atoms with Crippen LogP contribution in [0.25, 0.3) is 0 Å². The Labute approximate surface area is 91.9 Å². The van der Waals surface area contributed by atoms with Crippen molar-refractivity contribution in [2.45, 2.75) is 38.6 Å². The maximum Gasteiger partial charge on any atom is 0.0125 e. The summed E-state index contributed by atoms with van der Waals surface area (Å²) < 4.78 is 0. The smallest absolute Gasteiger partial charge is 0.0125 e. The van der Waals surface area contributed by atoms with Crippen LogP contribution in [0, 0.1) is 5.41 Å². The van der Waals surface area contributed by atoms with Crippen molar-refractivity contribution in [3.8, 4) is 0 Å². The Morgan fingerprint density at radius 1 is 1.33 bits per heavy atom. The highest BCUT2D eigenvalue weighted by Gasteiger charge is 2.45. The lowest BCUT2D eigenvalue weighted by Gasteiger charge is -2.30. The van der Waals surface area contributed by atoms with Crippen LogP contribution < -0.4 is 5.32 Å². The summed E-state index contributed by atoms with van der Waals surface area (Å²) in [6, 6.07) is 9.61. The number of fused-ring (bicyclic) bond motifs is 1. The highest BCUT2D eigenvalue weighted by molar-refractivity contribution is 5.40. The van der Waals surface area contributed by atoms with Gasteiger partial charge in [-0.1, -0.05) is 38.1 Å². The lowest BCUT2D eigenvalue weighted by molar-refractivity contribution is 0.488. The first kappa shape index (κ1) is 9.41. The minimum atomic E-state index is 0.559. The predicted molar refractivity (Wildman–Crippen MR) is 63.1 cm³/mol. The van der Waals surface area contributed by atoms with E-state index in [1.54, 1.807) is 11.1 Å². The van der Waals surface area contributed by atoms with Crippen molar-refractivity contribution in [1.29, 1.82) is 0 Å². The van der Waals surface area contributed by atoms with Gasteiger partial charge in [0.25, 0.3) is 0 Å². The zero-order valence-corrected chi connectivity index (χ0v) is 9.59. The monoisotopic (exact) mass is 201 g/mol. The molecular formula is C14H19N. The van der Waals surface area contributed by atoms with Crippen LogP contribution in [0.1, 0.15) is 37.3 Å². The molecule has 3 rings (SSSR count). The van der Waals surface area contributed by atoms with Crippen LogP contribution in [0.5, 0.6) is 0 Å². The molecule has 0 aliphatic heterocycles. The van der Waals surface area contributed by atoms with Crippen molar-refractivity contribution in [2.24, 2.45) is 5.41 Å². The van der Waals surface area contributed by atoms with E-state index < -0.39 is 0 Å². The van der Waals surface area contributed by atoms with E-state index in [4.69, 9.17) is 0 Å². The van der Waals surface area contributed by atoms with Gasteiger partial charge in [0.2, 0.25) is 0 Å². The second-order valence-corrected chi connectivity index (χ2v) is 5.75. The molecule has 0 saturated heterocycles. The first-order valence-corrected chi connectivity index (χ1v) is 5.98. The predicted octanol–water partition coefficient (Wildman–Crippen LogP) is 2.71. The fraction of sp³-hybridized carbons (Fsp3) is 0.571. The van der Waals surface area contributed by atoms with Crippen molar-refractivity contribution >= 4 is 0 Å². The lowest BCUT2D eigenvalue weighted by atomic mass is 9.77. The molecule has 15 heavy (non-hydrogen) atoms. The van der Waals surface area contributed by atoms with Gasteiger partial charge in [-0.3, -0.25) is 0 Å². The molecule has 1 nitrogen and oxygen atoms in total. The third kappa shape index (κ3) is 1.59. The van der Waals surface area contributed by atoms with Gasteiger partial charge in [-0.25, -0.2) is 0 Å². The molecule has 2 aliphatic rings.